The van der Waals surface area contributed by atoms with Crippen LogP contribution in [0.15, 0.2) is 24.1 Å². The van der Waals surface area contributed by atoms with Crippen LogP contribution in [-0.4, -0.2) is 32.5 Å². The van der Waals surface area contributed by atoms with Gasteiger partial charge >= 0.3 is 0 Å². The molecule has 2 heterocycles. The first-order chi connectivity index (χ1) is 8.31. The maximum atomic E-state index is 11.8. The number of rotatable bonds is 4. The normalized spacial score (nSPS) is 20.7. The summed E-state index contributed by atoms with van der Waals surface area (Å²) in [6, 6.07) is 0. The molecule has 1 aromatic heterocycles. The van der Waals surface area contributed by atoms with E-state index in [1.165, 1.54) is 11.8 Å². The van der Waals surface area contributed by atoms with Crippen LogP contribution in [0, 0.1) is 0 Å². The Morgan fingerprint density at radius 1 is 1.65 bits per heavy atom. The Kier molecular flexibility index (Phi) is 4.19. The molecule has 1 atom stereocenters. The molecule has 1 aromatic rings. The SMILES string of the molecule is C=CCn1cnnc1S[C@H]1CCCCNC1=O. The van der Waals surface area contributed by atoms with Crippen molar-refractivity contribution >= 4 is 17.7 Å². The standard InChI is InChI=1S/C11H16N4OS/c1-2-7-15-8-13-14-11(15)17-9-5-3-4-6-12-10(9)16/h2,8-9H,1,3-7H2,(H,12,16)/t9-/m0/s1. The van der Waals surface area contributed by atoms with E-state index < -0.39 is 0 Å². The Morgan fingerprint density at radius 3 is 3.35 bits per heavy atom. The van der Waals surface area contributed by atoms with E-state index in [9.17, 15) is 4.79 Å². The van der Waals surface area contributed by atoms with Crippen LogP contribution in [0.2, 0.25) is 0 Å². The highest BCUT2D eigenvalue weighted by molar-refractivity contribution is 8.00. The quantitative estimate of drug-likeness (QED) is 0.819. The Bertz CT molecular complexity index is 404. The molecule has 1 saturated heterocycles. The van der Waals surface area contributed by atoms with Gasteiger partial charge in [-0.2, -0.15) is 0 Å². The molecule has 1 aliphatic heterocycles. The molecular weight excluding hydrogens is 236 g/mol. The van der Waals surface area contributed by atoms with Gasteiger partial charge in [0.15, 0.2) is 5.16 Å². The van der Waals surface area contributed by atoms with Crippen molar-refractivity contribution in [2.75, 3.05) is 6.54 Å². The van der Waals surface area contributed by atoms with E-state index >= 15 is 0 Å². The summed E-state index contributed by atoms with van der Waals surface area (Å²) < 4.78 is 1.90. The number of carbonyl (C=O) groups excluding carboxylic acids is 1. The highest BCUT2D eigenvalue weighted by Gasteiger charge is 2.23. The summed E-state index contributed by atoms with van der Waals surface area (Å²) >= 11 is 1.49. The van der Waals surface area contributed by atoms with Crippen molar-refractivity contribution in [3.63, 3.8) is 0 Å². The third-order valence-electron chi connectivity index (χ3n) is 2.64. The minimum absolute atomic E-state index is 0.0507. The second-order valence-electron chi connectivity index (χ2n) is 3.95. The molecule has 1 aliphatic rings. The lowest BCUT2D eigenvalue weighted by Crippen LogP contribution is -2.30. The van der Waals surface area contributed by atoms with E-state index in [4.69, 9.17) is 0 Å². The number of aromatic nitrogens is 3. The number of hydrogen-bond acceptors (Lipinski definition) is 4. The van der Waals surface area contributed by atoms with Crippen molar-refractivity contribution in [3.05, 3.63) is 19.0 Å². The van der Waals surface area contributed by atoms with Crippen LogP contribution in [0.25, 0.3) is 0 Å². The fourth-order valence-electron chi connectivity index (χ4n) is 1.75. The first kappa shape index (κ1) is 12.2. The first-order valence-corrected chi connectivity index (χ1v) is 6.62. The van der Waals surface area contributed by atoms with Gasteiger partial charge in [-0.15, -0.1) is 16.8 Å². The second kappa shape index (κ2) is 5.86. The highest BCUT2D eigenvalue weighted by Crippen LogP contribution is 2.26. The molecule has 0 spiro atoms. The van der Waals surface area contributed by atoms with Gasteiger partial charge in [0.2, 0.25) is 5.91 Å². The van der Waals surface area contributed by atoms with Gasteiger partial charge in [0.1, 0.15) is 6.33 Å². The van der Waals surface area contributed by atoms with Gasteiger partial charge in [0.25, 0.3) is 0 Å². The lowest BCUT2D eigenvalue weighted by molar-refractivity contribution is -0.120. The van der Waals surface area contributed by atoms with Crippen molar-refractivity contribution in [1.29, 1.82) is 0 Å². The van der Waals surface area contributed by atoms with Gasteiger partial charge in [-0.3, -0.25) is 4.79 Å². The third-order valence-corrected chi connectivity index (χ3v) is 3.90. The van der Waals surface area contributed by atoms with Gasteiger partial charge in [0.05, 0.1) is 5.25 Å². The summed E-state index contributed by atoms with van der Waals surface area (Å²) in [5, 5.41) is 11.6. The molecule has 5 nitrogen and oxygen atoms in total. The number of carbonyl (C=O) groups is 1. The topological polar surface area (TPSA) is 59.8 Å². The Labute approximate surface area is 105 Å². The number of hydrogen-bond donors (Lipinski definition) is 1. The second-order valence-corrected chi connectivity index (χ2v) is 5.12. The van der Waals surface area contributed by atoms with Crippen molar-refractivity contribution in [2.45, 2.75) is 36.2 Å². The smallest absolute Gasteiger partial charge is 0.233 e. The molecule has 92 valence electrons. The fourth-order valence-corrected chi connectivity index (χ4v) is 2.83. The highest BCUT2D eigenvalue weighted by atomic mass is 32.2. The summed E-state index contributed by atoms with van der Waals surface area (Å²) in [4.78, 5) is 11.8. The number of allylic oxidation sites excluding steroid dienone is 1. The van der Waals surface area contributed by atoms with Crippen molar-refractivity contribution < 1.29 is 4.79 Å². The van der Waals surface area contributed by atoms with Crippen molar-refractivity contribution in [2.24, 2.45) is 0 Å². The molecule has 1 N–H and O–H groups in total. The van der Waals surface area contributed by atoms with Gasteiger partial charge in [-0.05, 0) is 12.8 Å². The zero-order valence-electron chi connectivity index (χ0n) is 9.63. The van der Waals surface area contributed by atoms with Crippen LogP contribution in [-0.2, 0) is 11.3 Å². The van der Waals surface area contributed by atoms with Gasteiger partial charge < -0.3 is 9.88 Å². The van der Waals surface area contributed by atoms with E-state index in [1.807, 2.05) is 4.57 Å². The predicted molar refractivity (Wildman–Crippen MR) is 66.7 cm³/mol. The Balaban J connectivity index is 2.05. The van der Waals surface area contributed by atoms with Crippen LogP contribution < -0.4 is 5.32 Å². The molecule has 0 unspecified atom stereocenters. The van der Waals surface area contributed by atoms with E-state index in [2.05, 4.69) is 22.1 Å². The summed E-state index contributed by atoms with van der Waals surface area (Å²) in [6.45, 7) is 5.15. The van der Waals surface area contributed by atoms with E-state index in [0.717, 1.165) is 31.0 Å². The van der Waals surface area contributed by atoms with Gasteiger partial charge in [-0.25, -0.2) is 0 Å². The molecule has 0 aliphatic carbocycles. The molecule has 1 amide bonds. The van der Waals surface area contributed by atoms with E-state index in [-0.39, 0.29) is 11.2 Å². The van der Waals surface area contributed by atoms with Crippen molar-refractivity contribution in [1.82, 2.24) is 20.1 Å². The Hall–Kier alpha value is -1.30. The molecular formula is C11H16N4OS. The first-order valence-electron chi connectivity index (χ1n) is 5.74. The third kappa shape index (κ3) is 3.09. The van der Waals surface area contributed by atoms with E-state index in [0.29, 0.717) is 6.54 Å². The summed E-state index contributed by atoms with van der Waals surface area (Å²) in [5.41, 5.74) is 0. The largest absolute Gasteiger partial charge is 0.355 e. The summed E-state index contributed by atoms with van der Waals surface area (Å²) in [6.07, 6.45) is 6.49. The average molecular weight is 252 g/mol. The number of amides is 1. The average Bonchev–Trinajstić information content (AvgIpc) is 2.64. The Morgan fingerprint density at radius 2 is 2.53 bits per heavy atom. The van der Waals surface area contributed by atoms with Crippen LogP contribution in [0.4, 0.5) is 0 Å². The molecule has 0 saturated carbocycles. The number of thioether (sulfide) groups is 1. The molecule has 2 rings (SSSR count). The molecule has 0 bridgehead atoms. The van der Waals surface area contributed by atoms with Crippen molar-refractivity contribution in [3.8, 4) is 0 Å². The summed E-state index contributed by atoms with van der Waals surface area (Å²) in [7, 11) is 0. The number of nitrogens with one attached hydrogen (secondary N) is 1. The number of nitrogens with zero attached hydrogens (tertiary/aromatic N) is 3. The molecule has 17 heavy (non-hydrogen) atoms. The fraction of sp³-hybridized carbons (Fsp3) is 0.545. The lowest BCUT2D eigenvalue weighted by atomic mass is 10.2. The maximum absolute atomic E-state index is 11.8. The maximum Gasteiger partial charge on any atom is 0.233 e. The molecule has 0 radical (unpaired) electrons. The van der Waals surface area contributed by atoms with Gasteiger partial charge in [-0.1, -0.05) is 24.3 Å². The zero-order chi connectivity index (χ0) is 12.1. The minimum atomic E-state index is -0.0507. The van der Waals surface area contributed by atoms with Crippen LogP contribution in [0.3, 0.4) is 0 Å². The van der Waals surface area contributed by atoms with Crippen LogP contribution in [0.1, 0.15) is 19.3 Å². The lowest BCUT2D eigenvalue weighted by Gasteiger charge is -2.12. The monoisotopic (exact) mass is 252 g/mol. The molecule has 1 fully saturated rings. The zero-order valence-corrected chi connectivity index (χ0v) is 10.4. The van der Waals surface area contributed by atoms with Crippen LogP contribution >= 0.6 is 11.8 Å². The molecule has 6 heteroatoms. The predicted octanol–water partition coefficient (Wildman–Crippen LogP) is 1.22. The van der Waals surface area contributed by atoms with Gasteiger partial charge in [0, 0.05) is 13.1 Å². The minimum Gasteiger partial charge on any atom is -0.355 e. The molecule has 0 aromatic carbocycles. The van der Waals surface area contributed by atoms with E-state index in [1.54, 1.807) is 12.4 Å². The summed E-state index contributed by atoms with van der Waals surface area (Å²) in [5.74, 6) is 0.112. The van der Waals surface area contributed by atoms with Crippen LogP contribution in [0.5, 0.6) is 0 Å².